The van der Waals surface area contributed by atoms with Gasteiger partial charge in [-0.2, -0.15) is 0 Å². The van der Waals surface area contributed by atoms with Gasteiger partial charge in [0.05, 0.1) is 16.7 Å². The first-order chi connectivity index (χ1) is 17.8. The first-order valence-electron chi connectivity index (χ1n) is 14.2. The van der Waals surface area contributed by atoms with Crippen LogP contribution < -0.4 is 4.90 Å². The highest BCUT2D eigenvalue weighted by Gasteiger charge is 2.37. The summed E-state index contributed by atoms with van der Waals surface area (Å²) >= 11 is 1.82. The highest BCUT2D eigenvalue weighted by Crippen LogP contribution is 2.41. The van der Waals surface area contributed by atoms with Gasteiger partial charge in [0.1, 0.15) is 0 Å². The van der Waals surface area contributed by atoms with Gasteiger partial charge < -0.3 is 14.5 Å². The summed E-state index contributed by atoms with van der Waals surface area (Å²) in [5.41, 5.74) is 4.94. The lowest BCUT2D eigenvalue weighted by molar-refractivity contribution is -0.115. The van der Waals surface area contributed by atoms with Crippen molar-refractivity contribution in [1.29, 1.82) is 0 Å². The molecule has 0 spiro atoms. The lowest BCUT2D eigenvalue weighted by atomic mass is 9.87. The molecular weight excluding hydrogens is 482 g/mol. The van der Waals surface area contributed by atoms with Crippen molar-refractivity contribution in [2.75, 3.05) is 44.7 Å². The molecule has 1 saturated heterocycles. The molecule has 37 heavy (non-hydrogen) atoms. The average Bonchev–Trinajstić information content (AvgIpc) is 3.08. The highest BCUT2D eigenvalue weighted by molar-refractivity contribution is 7.16. The zero-order chi connectivity index (χ0) is 26.3. The van der Waals surface area contributed by atoms with Crippen LogP contribution in [0.1, 0.15) is 80.1 Å². The van der Waals surface area contributed by atoms with E-state index in [9.17, 15) is 9.59 Å². The Labute approximate surface area is 226 Å². The monoisotopic (exact) mass is 525 g/mol. The Morgan fingerprint density at radius 3 is 2.51 bits per heavy atom. The van der Waals surface area contributed by atoms with Gasteiger partial charge in [-0.15, -0.1) is 11.3 Å². The number of ketones is 1. The van der Waals surface area contributed by atoms with E-state index in [4.69, 9.17) is 4.74 Å². The summed E-state index contributed by atoms with van der Waals surface area (Å²) in [5, 5.41) is 1.26. The number of carbonyl (C=O) groups is 2. The lowest BCUT2D eigenvalue weighted by Crippen LogP contribution is -2.57. The number of anilines is 1. The third-order valence-corrected chi connectivity index (χ3v) is 10.4. The molecule has 7 heteroatoms. The predicted molar refractivity (Wildman–Crippen MR) is 151 cm³/mol. The van der Waals surface area contributed by atoms with Gasteiger partial charge in [-0.25, -0.2) is 0 Å². The third kappa shape index (κ3) is 5.32. The van der Waals surface area contributed by atoms with Crippen molar-refractivity contribution in [2.45, 2.75) is 90.8 Å². The number of hydrogen-bond donors (Lipinski definition) is 0. The Kier molecular flexibility index (Phi) is 7.94. The summed E-state index contributed by atoms with van der Waals surface area (Å²) in [6.45, 7) is 12.3. The van der Waals surface area contributed by atoms with Gasteiger partial charge in [0, 0.05) is 68.8 Å². The average molecular weight is 526 g/mol. The SMILES string of the molecule is CCOC1CN(C2CCC(N(C)c3sc4c(c3C)C(=O)N(CC3=C(C)C=C(C)CC3=O)CCC4)CC2)C1. The highest BCUT2D eigenvalue weighted by atomic mass is 32.1. The number of amides is 1. The number of fused-ring (bicyclic) bond motifs is 1. The molecule has 6 nitrogen and oxygen atoms in total. The Morgan fingerprint density at radius 2 is 1.84 bits per heavy atom. The fourth-order valence-corrected chi connectivity index (χ4v) is 8.14. The predicted octanol–water partition coefficient (Wildman–Crippen LogP) is 5.15. The number of thiophene rings is 1. The van der Waals surface area contributed by atoms with E-state index in [1.165, 1.54) is 35.6 Å². The molecule has 3 heterocycles. The maximum absolute atomic E-state index is 13.8. The number of ether oxygens (including phenoxy) is 1. The minimum atomic E-state index is 0.102. The first-order valence-corrected chi connectivity index (χ1v) is 15.0. The van der Waals surface area contributed by atoms with Crippen molar-refractivity contribution >= 4 is 28.0 Å². The molecule has 4 aliphatic rings. The van der Waals surface area contributed by atoms with Gasteiger partial charge in [-0.1, -0.05) is 11.6 Å². The van der Waals surface area contributed by atoms with E-state index >= 15 is 0 Å². The van der Waals surface area contributed by atoms with E-state index in [0.717, 1.165) is 60.4 Å². The third-order valence-electron chi connectivity index (χ3n) is 8.92. The summed E-state index contributed by atoms with van der Waals surface area (Å²) in [5.74, 6) is 0.269. The van der Waals surface area contributed by atoms with Crippen molar-refractivity contribution in [3.8, 4) is 0 Å². The Hall–Kier alpha value is -1.96. The lowest BCUT2D eigenvalue weighted by Gasteiger charge is -2.47. The van der Waals surface area contributed by atoms with Crippen molar-refractivity contribution in [1.82, 2.24) is 9.80 Å². The largest absolute Gasteiger partial charge is 0.376 e. The molecule has 1 aromatic heterocycles. The molecule has 1 amide bonds. The van der Waals surface area contributed by atoms with Crippen LogP contribution in [0.4, 0.5) is 5.00 Å². The zero-order valence-electron chi connectivity index (χ0n) is 23.3. The molecule has 0 aromatic carbocycles. The minimum Gasteiger partial charge on any atom is -0.376 e. The fourth-order valence-electron chi connectivity index (χ4n) is 6.77. The number of hydrogen-bond acceptors (Lipinski definition) is 6. The van der Waals surface area contributed by atoms with Crippen LogP contribution in [-0.4, -0.2) is 79.5 Å². The molecule has 0 radical (unpaired) electrons. The van der Waals surface area contributed by atoms with Crippen LogP contribution in [0.3, 0.4) is 0 Å². The summed E-state index contributed by atoms with van der Waals surface area (Å²) in [6.07, 6.45) is 9.75. The molecular formula is C30H43N3O3S. The van der Waals surface area contributed by atoms with E-state index in [2.05, 4.69) is 36.8 Å². The number of carbonyl (C=O) groups excluding carboxylic acids is 2. The normalized spacial score (nSPS) is 25.6. The maximum atomic E-state index is 13.8. The zero-order valence-corrected chi connectivity index (χ0v) is 24.1. The Balaban J connectivity index is 1.26. The van der Waals surface area contributed by atoms with Gasteiger partial charge in [0.25, 0.3) is 5.91 Å². The van der Waals surface area contributed by atoms with Crippen LogP contribution in [0.25, 0.3) is 0 Å². The summed E-state index contributed by atoms with van der Waals surface area (Å²) < 4.78 is 5.75. The van der Waals surface area contributed by atoms with E-state index in [1.54, 1.807) is 0 Å². The van der Waals surface area contributed by atoms with E-state index in [1.807, 2.05) is 30.1 Å². The number of allylic oxidation sites excluding steroid dienone is 3. The number of rotatable bonds is 7. The van der Waals surface area contributed by atoms with Gasteiger partial charge in [-0.05, 0) is 77.4 Å². The molecule has 202 valence electrons. The molecule has 5 rings (SSSR count). The molecule has 0 bridgehead atoms. The quantitative estimate of drug-likeness (QED) is 0.493. The van der Waals surface area contributed by atoms with E-state index < -0.39 is 0 Å². The fraction of sp³-hybridized carbons (Fsp3) is 0.667. The van der Waals surface area contributed by atoms with E-state index in [-0.39, 0.29) is 11.7 Å². The van der Waals surface area contributed by atoms with E-state index in [0.29, 0.717) is 37.7 Å². The molecule has 2 aliphatic carbocycles. The van der Waals surface area contributed by atoms with Gasteiger partial charge in [0.2, 0.25) is 0 Å². The van der Waals surface area contributed by atoms with Crippen LogP contribution >= 0.6 is 11.3 Å². The molecule has 2 fully saturated rings. The molecule has 1 saturated carbocycles. The van der Waals surface area contributed by atoms with Crippen molar-refractivity contribution in [3.05, 3.63) is 38.8 Å². The summed E-state index contributed by atoms with van der Waals surface area (Å²) in [7, 11) is 2.23. The standard InChI is InChI=1S/C30H43N3O3S/c1-6-36-24-16-33(17-24)23-11-9-22(10-12-23)31(5)30-21(4)28-27(37-30)8-7-13-32(29(28)35)18-25-20(3)14-19(2)15-26(25)34/h14,22-24H,6-13,15-18H2,1-5H3. The van der Waals surface area contributed by atoms with Crippen molar-refractivity contribution in [2.24, 2.45) is 0 Å². The summed E-state index contributed by atoms with van der Waals surface area (Å²) in [4.78, 5) is 34.8. The van der Waals surface area contributed by atoms with Gasteiger partial charge >= 0.3 is 0 Å². The van der Waals surface area contributed by atoms with Crippen LogP contribution in [0, 0.1) is 6.92 Å². The number of aryl methyl sites for hydroxylation is 1. The second-order valence-corrected chi connectivity index (χ2v) is 12.6. The second-order valence-electron chi connectivity index (χ2n) is 11.5. The van der Waals surface area contributed by atoms with Crippen molar-refractivity contribution < 1.29 is 14.3 Å². The van der Waals surface area contributed by atoms with Crippen LogP contribution in [-0.2, 0) is 16.0 Å². The maximum Gasteiger partial charge on any atom is 0.255 e. The van der Waals surface area contributed by atoms with Gasteiger partial charge in [0.15, 0.2) is 5.78 Å². The molecule has 2 aliphatic heterocycles. The van der Waals surface area contributed by atoms with Crippen molar-refractivity contribution in [3.63, 3.8) is 0 Å². The number of likely N-dealkylation sites (tertiary alicyclic amines) is 1. The van der Waals surface area contributed by atoms with Gasteiger partial charge in [-0.3, -0.25) is 14.5 Å². The topological polar surface area (TPSA) is 53.1 Å². The molecule has 0 N–H and O–H groups in total. The first kappa shape index (κ1) is 26.6. The smallest absolute Gasteiger partial charge is 0.255 e. The number of nitrogens with zero attached hydrogens (tertiary/aromatic N) is 3. The molecule has 0 unspecified atom stereocenters. The molecule has 1 aromatic rings. The Morgan fingerprint density at radius 1 is 1.11 bits per heavy atom. The van der Waals surface area contributed by atoms with Crippen LogP contribution in [0.15, 0.2) is 22.8 Å². The minimum absolute atomic E-state index is 0.102. The van der Waals surface area contributed by atoms with Crippen LogP contribution in [0.5, 0.6) is 0 Å². The molecule has 0 atom stereocenters. The van der Waals surface area contributed by atoms with Crippen LogP contribution in [0.2, 0.25) is 0 Å². The number of Topliss-reactive ketones (excluding diaryl/α,β-unsaturated/α-hetero) is 1. The Bertz CT molecular complexity index is 1110. The summed E-state index contributed by atoms with van der Waals surface area (Å²) in [6, 6.07) is 1.21. The second kappa shape index (κ2) is 11.0.